The lowest BCUT2D eigenvalue weighted by Crippen LogP contribution is -2.26. The molecule has 140 valence electrons. The minimum absolute atomic E-state index is 0.0939. The molecule has 1 aliphatic rings. The van der Waals surface area contributed by atoms with Gasteiger partial charge in [-0.15, -0.1) is 0 Å². The number of pyridine rings is 1. The second kappa shape index (κ2) is 7.31. The minimum Gasteiger partial charge on any atom is -0.497 e. The van der Waals surface area contributed by atoms with Crippen molar-refractivity contribution in [2.75, 3.05) is 37.5 Å². The first-order valence-corrected chi connectivity index (χ1v) is 8.17. The molecule has 26 heavy (non-hydrogen) atoms. The zero-order chi connectivity index (χ0) is 18.7. The Morgan fingerprint density at radius 1 is 1.12 bits per heavy atom. The number of hydrogen-bond donors (Lipinski definition) is 1. The summed E-state index contributed by atoms with van der Waals surface area (Å²) in [4.78, 5) is 6.04. The highest BCUT2D eigenvalue weighted by Crippen LogP contribution is 2.31. The highest BCUT2D eigenvalue weighted by Gasteiger charge is 2.31. The molecule has 2 heterocycles. The Kier molecular flexibility index (Phi) is 5.11. The van der Waals surface area contributed by atoms with Crippen molar-refractivity contribution < 1.29 is 22.6 Å². The van der Waals surface area contributed by atoms with Gasteiger partial charge in [0.2, 0.25) is 0 Å². The van der Waals surface area contributed by atoms with Gasteiger partial charge in [-0.25, -0.2) is 4.98 Å². The van der Waals surface area contributed by atoms with Crippen LogP contribution >= 0.6 is 0 Å². The zero-order valence-corrected chi connectivity index (χ0v) is 14.5. The molecule has 0 amide bonds. The Hall–Kier alpha value is -2.64. The van der Waals surface area contributed by atoms with Crippen molar-refractivity contribution in [3.8, 4) is 11.5 Å². The van der Waals surface area contributed by atoms with Gasteiger partial charge >= 0.3 is 6.18 Å². The third-order valence-corrected chi connectivity index (χ3v) is 4.33. The molecule has 1 fully saturated rings. The van der Waals surface area contributed by atoms with Gasteiger partial charge in [-0.2, -0.15) is 13.2 Å². The number of hydrogen-bond acceptors (Lipinski definition) is 5. The molecule has 0 bridgehead atoms. The molecule has 1 aromatic carbocycles. The Labute approximate surface area is 149 Å². The van der Waals surface area contributed by atoms with Crippen molar-refractivity contribution in [2.45, 2.75) is 18.6 Å². The van der Waals surface area contributed by atoms with E-state index in [9.17, 15) is 13.2 Å². The third-order valence-electron chi connectivity index (χ3n) is 4.33. The first-order chi connectivity index (χ1) is 12.4. The number of benzene rings is 1. The molecule has 0 spiro atoms. The zero-order valence-electron chi connectivity index (χ0n) is 14.5. The molecule has 1 saturated heterocycles. The fraction of sp³-hybridized carbons (Fsp3) is 0.389. The van der Waals surface area contributed by atoms with Crippen LogP contribution in [0.3, 0.4) is 0 Å². The van der Waals surface area contributed by atoms with E-state index < -0.39 is 11.7 Å². The Bertz CT molecular complexity index is 728. The van der Waals surface area contributed by atoms with Crippen LogP contribution in [0.4, 0.5) is 24.7 Å². The molecule has 1 N–H and O–H groups in total. The molecule has 2 aromatic rings. The van der Waals surface area contributed by atoms with E-state index in [2.05, 4.69) is 15.2 Å². The number of methoxy groups -OCH3 is 2. The SMILES string of the molecule is COc1cc(OC)cc(N2CCC(Nc3ccc(C(F)(F)F)cn3)C2)c1. The summed E-state index contributed by atoms with van der Waals surface area (Å²) in [6, 6.07) is 8.16. The quantitative estimate of drug-likeness (QED) is 0.871. The van der Waals surface area contributed by atoms with Crippen molar-refractivity contribution in [2.24, 2.45) is 0 Å². The number of halogens is 3. The summed E-state index contributed by atoms with van der Waals surface area (Å²) in [5.41, 5.74) is 0.227. The molecule has 1 aliphatic heterocycles. The predicted molar refractivity (Wildman–Crippen MR) is 93.0 cm³/mol. The van der Waals surface area contributed by atoms with Gasteiger partial charge in [0.1, 0.15) is 17.3 Å². The topological polar surface area (TPSA) is 46.6 Å². The van der Waals surface area contributed by atoms with E-state index in [4.69, 9.17) is 9.47 Å². The monoisotopic (exact) mass is 367 g/mol. The van der Waals surface area contributed by atoms with Crippen molar-refractivity contribution in [3.63, 3.8) is 0 Å². The molecular weight excluding hydrogens is 347 g/mol. The first kappa shape index (κ1) is 18.2. The molecule has 8 heteroatoms. The fourth-order valence-electron chi connectivity index (χ4n) is 2.94. The lowest BCUT2D eigenvalue weighted by Gasteiger charge is -2.21. The number of aromatic nitrogens is 1. The number of nitrogens with zero attached hydrogens (tertiary/aromatic N) is 2. The average molecular weight is 367 g/mol. The first-order valence-electron chi connectivity index (χ1n) is 8.17. The van der Waals surface area contributed by atoms with Gasteiger partial charge in [-0.1, -0.05) is 0 Å². The van der Waals surface area contributed by atoms with E-state index in [1.807, 2.05) is 12.1 Å². The number of ether oxygens (including phenoxy) is 2. The fourth-order valence-corrected chi connectivity index (χ4v) is 2.94. The maximum absolute atomic E-state index is 12.6. The van der Waals surface area contributed by atoms with Crippen LogP contribution in [0.25, 0.3) is 0 Å². The standard InChI is InChI=1S/C18H20F3N3O2/c1-25-15-7-14(8-16(9-15)26-2)24-6-5-13(11-24)23-17-4-3-12(10-22-17)18(19,20)21/h3-4,7-10,13H,5-6,11H2,1-2H3,(H,22,23). The van der Waals surface area contributed by atoms with Crippen LogP contribution in [0.1, 0.15) is 12.0 Å². The summed E-state index contributed by atoms with van der Waals surface area (Å²) in [6.07, 6.45) is -2.68. The number of alkyl halides is 3. The van der Waals surface area contributed by atoms with Gasteiger partial charge in [0, 0.05) is 49.2 Å². The maximum Gasteiger partial charge on any atom is 0.417 e. The summed E-state index contributed by atoms with van der Waals surface area (Å²) in [7, 11) is 3.20. The summed E-state index contributed by atoms with van der Waals surface area (Å²) < 4.78 is 48.4. The van der Waals surface area contributed by atoms with Crippen molar-refractivity contribution in [3.05, 3.63) is 42.1 Å². The van der Waals surface area contributed by atoms with Crippen molar-refractivity contribution >= 4 is 11.5 Å². The molecule has 3 rings (SSSR count). The second-order valence-electron chi connectivity index (χ2n) is 6.08. The van der Waals surface area contributed by atoms with E-state index >= 15 is 0 Å². The number of anilines is 2. The molecule has 1 aromatic heterocycles. The minimum atomic E-state index is -4.37. The molecular formula is C18H20F3N3O2. The van der Waals surface area contributed by atoms with Crippen LogP contribution in [0.15, 0.2) is 36.5 Å². The Morgan fingerprint density at radius 3 is 2.35 bits per heavy atom. The largest absolute Gasteiger partial charge is 0.497 e. The average Bonchev–Trinajstić information content (AvgIpc) is 3.09. The van der Waals surface area contributed by atoms with Crippen LogP contribution in [0.2, 0.25) is 0 Å². The summed E-state index contributed by atoms with van der Waals surface area (Å²) in [5, 5.41) is 3.19. The van der Waals surface area contributed by atoms with Crippen LogP contribution in [0, 0.1) is 0 Å². The third kappa shape index (κ3) is 4.12. The smallest absolute Gasteiger partial charge is 0.417 e. The van der Waals surface area contributed by atoms with E-state index in [0.29, 0.717) is 23.9 Å². The van der Waals surface area contributed by atoms with E-state index in [0.717, 1.165) is 30.9 Å². The lowest BCUT2D eigenvalue weighted by molar-refractivity contribution is -0.137. The van der Waals surface area contributed by atoms with Crippen molar-refractivity contribution in [1.29, 1.82) is 0 Å². The van der Waals surface area contributed by atoms with Gasteiger partial charge in [0.05, 0.1) is 19.8 Å². The number of nitrogens with one attached hydrogen (secondary N) is 1. The second-order valence-corrected chi connectivity index (χ2v) is 6.08. The van der Waals surface area contributed by atoms with Gasteiger partial charge < -0.3 is 19.7 Å². The molecule has 5 nitrogen and oxygen atoms in total. The predicted octanol–water partition coefficient (Wildman–Crippen LogP) is 3.81. The van der Waals surface area contributed by atoms with E-state index in [1.54, 1.807) is 20.3 Å². The number of rotatable bonds is 5. The Morgan fingerprint density at radius 2 is 1.81 bits per heavy atom. The van der Waals surface area contributed by atoms with E-state index in [-0.39, 0.29) is 6.04 Å². The molecule has 1 atom stereocenters. The van der Waals surface area contributed by atoms with Gasteiger partial charge in [0.25, 0.3) is 0 Å². The van der Waals surface area contributed by atoms with Crippen molar-refractivity contribution in [1.82, 2.24) is 4.98 Å². The lowest BCUT2D eigenvalue weighted by atomic mass is 10.2. The summed E-state index contributed by atoms with van der Waals surface area (Å²) >= 11 is 0. The van der Waals surface area contributed by atoms with Crippen LogP contribution in [-0.4, -0.2) is 38.3 Å². The molecule has 0 saturated carbocycles. The highest BCUT2D eigenvalue weighted by molar-refractivity contribution is 5.57. The van der Waals surface area contributed by atoms with Crippen LogP contribution in [-0.2, 0) is 6.18 Å². The normalized spacial score (nSPS) is 17.3. The highest BCUT2D eigenvalue weighted by atomic mass is 19.4. The maximum atomic E-state index is 12.6. The summed E-state index contributed by atoms with van der Waals surface area (Å²) in [6.45, 7) is 1.52. The molecule has 0 radical (unpaired) electrons. The summed E-state index contributed by atoms with van der Waals surface area (Å²) in [5.74, 6) is 1.86. The van der Waals surface area contributed by atoms with Gasteiger partial charge in [-0.3, -0.25) is 0 Å². The molecule has 0 aliphatic carbocycles. The van der Waals surface area contributed by atoms with Crippen LogP contribution < -0.4 is 19.7 Å². The van der Waals surface area contributed by atoms with Gasteiger partial charge in [0.15, 0.2) is 0 Å². The van der Waals surface area contributed by atoms with Gasteiger partial charge in [-0.05, 0) is 18.6 Å². The van der Waals surface area contributed by atoms with Crippen LogP contribution in [0.5, 0.6) is 11.5 Å². The molecule has 1 unspecified atom stereocenters. The Balaban J connectivity index is 1.65. The van der Waals surface area contributed by atoms with E-state index in [1.165, 1.54) is 6.07 Å².